The van der Waals surface area contributed by atoms with E-state index in [9.17, 15) is 4.57 Å². The molecular formula is C10H16ClO8P2+. The van der Waals surface area contributed by atoms with Crippen LogP contribution in [0.2, 0.25) is 5.02 Å². The van der Waals surface area contributed by atoms with Gasteiger partial charge in [-0.15, -0.1) is 9.79 Å². The highest BCUT2D eigenvalue weighted by molar-refractivity contribution is 7.46. The van der Waals surface area contributed by atoms with E-state index in [-0.39, 0.29) is 6.61 Å². The van der Waals surface area contributed by atoms with E-state index in [1.807, 2.05) is 0 Å². The first-order valence-corrected chi connectivity index (χ1v) is 8.48. The maximum atomic E-state index is 10.6. The topological polar surface area (TPSA) is 134 Å². The monoisotopic (exact) mass is 361 g/mol. The number of hydrogen-bond acceptors (Lipinski definition) is 4. The van der Waals surface area contributed by atoms with Crippen molar-refractivity contribution in [2.24, 2.45) is 0 Å². The fourth-order valence-corrected chi connectivity index (χ4v) is 1.70. The number of hydrogen-bond donors (Lipinski definition) is 4. The molecule has 120 valence electrons. The van der Waals surface area contributed by atoms with Crippen molar-refractivity contribution in [2.45, 2.75) is 19.4 Å². The Morgan fingerprint density at radius 2 is 1.67 bits per heavy atom. The van der Waals surface area contributed by atoms with Crippen LogP contribution in [0.5, 0.6) is 5.75 Å². The van der Waals surface area contributed by atoms with Gasteiger partial charge in [-0.05, 0) is 38.1 Å². The molecule has 0 saturated carbocycles. The van der Waals surface area contributed by atoms with Gasteiger partial charge in [-0.2, -0.15) is 0 Å². The van der Waals surface area contributed by atoms with Crippen LogP contribution in [0.25, 0.3) is 0 Å². The molecule has 0 amide bonds. The molecule has 1 aromatic carbocycles. The van der Waals surface area contributed by atoms with Crippen LogP contribution in [0.15, 0.2) is 24.3 Å². The Morgan fingerprint density at radius 3 is 2.05 bits per heavy atom. The van der Waals surface area contributed by atoms with Gasteiger partial charge in [0, 0.05) is 9.59 Å². The predicted octanol–water partition coefficient (Wildman–Crippen LogP) is 2.24. The molecule has 1 rings (SSSR count). The van der Waals surface area contributed by atoms with Crippen LogP contribution in [0.4, 0.5) is 0 Å². The molecule has 0 aliphatic heterocycles. The molecule has 4 N–H and O–H groups in total. The summed E-state index contributed by atoms with van der Waals surface area (Å²) in [5, 5.41) is 0.585. The molecule has 0 aliphatic rings. The minimum absolute atomic E-state index is 0.222. The van der Waals surface area contributed by atoms with E-state index in [4.69, 9.17) is 40.5 Å². The summed E-state index contributed by atoms with van der Waals surface area (Å²) in [6.45, 7) is 3.11. The molecule has 0 saturated heterocycles. The number of phosphoric ester groups is 1. The zero-order valence-corrected chi connectivity index (χ0v) is 13.8. The van der Waals surface area contributed by atoms with Gasteiger partial charge in [0.25, 0.3) is 0 Å². The summed E-state index contributed by atoms with van der Waals surface area (Å²) in [5.74, 6) is 0.550. The summed E-state index contributed by atoms with van der Waals surface area (Å²) in [5.41, 5.74) is -0.852. The zero-order chi connectivity index (χ0) is 16.7. The molecule has 0 heterocycles. The number of ether oxygens (including phenoxy) is 1. The highest BCUT2D eigenvalue weighted by Crippen LogP contribution is 2.37. The molecule has 11 heteroatoms. The van der Waals surface area contributed by atoms with Gasteiger partial charge >= 0.3 is 16.1 Å². The van der Waals surface area contributed by atoms with E-state index in [1.165, 1.54) is 0 Å². The molecule has 0 aromatic heterocycles. The highest BCUT2D eigenvalue weighted by atomic mass is 35.5. The van der Waals surface area contributed by atoms with Gasteiger partial charge in [0.1, 0.15) is 11.4 Å². The van der Waals surface area contributed by atoms with Gasteiger partial charge in [0.05, 0.1) is 6.61 Å². The first-order valence-electron chi connectivity index (χ1n) is 5.41. The van der Waals surface area contributed by atoms with E-state index in [2.05, 4.69) is 4.52 Å². The second kappa shape index (κ2) is 8.78. The predicted molar refractivity (Wildman–Crippen MR) is 76.2 cm³/mol. The van der Waals surface area contributed by atoms with Crippen molar-refractivity contribution in [3.05, 3.63) is 29.3 Å². The van der Waals surface area contributed by atoms with Crippen molar-refractivity contribution < 1.29 is 38.0 Å². The number of rotatable bonds is 5. The van der Waals surface area contributed by atoms with Gasteiger partial charge in [0.2, 0.25) is 0 Å². The van der Waals surface area contributed by atoms with Gasteiger partial charge < -0.3 is 14.5 Å². The maximum absolute atomic E-state index is 10.6. The van der Waals surface area contributed by atoms with Crippen molar-refractivity contribution in [3.63, 3.8) is 0 Å². The second-order valence-electron chi connectivity index (χ2n) is 4.33. The van der Waals surface area contributed by atoms with Crippen LogP contribution in [0, 0.1) is 0 Å². The summed E-state index contributed by atoms with van der Waals surface area (Å²) in [6, 6.07) is 6.66. The van der Waals surface area contributed by atoms with Crippen molar-refractivity contribution in [3.8, 4) is 5.75 Å². The van der Waals surface area contributed by atoms with Gasteiger partial charge in [-0.1, -0.05) is 11.6 Å². The van der Waals surface area contributed by atoms with E-state index >= 15 is 0 Å². The summed E-state index contributed by atoms with van der Waals surface area (Å²) in [7, 11) is -7.35. The lowest BCUT2D eigenvalue weighted by Gasteiger charge is -2.26. The van der Waals surface area contributed by atoms with E-state index in [0.29, 0.717) is 10.8 Å². The van der Waals surface area contributed by atoms with E-state index in [1.54, 1.807) is 38.1 Å². The fourth-order valence-electron chi connectivity index (χ4n) is 1.09. The molecule has 0 fully saturated rings. The van der Waals surface area contributed by atoms with Crippen LogP contribution in [0.1, 0.15) is 13.8 Å². The SMILES string of the molecule is CC(C)(COP(=O)(O)O)Oc1ccc(Cl)cc1.O=[P+](O)O. The minimum Gasteiger partial charge on any atom is -0.485 e. The zero-order valence-electron chi connectivity index (χ0n) is 11.2. The Balaban J connectivity index is 0.000000885. The Kier molecular flexibility index (Phi) is 8.54. The summed E-state index contributed by atoms with van der Waals surface area (Å²) in [6.07, 6.45) is 0. The first kappa shape index (κ1) is 20.4. The molecule has 0 bridgehead atoms. The lowest BCUT2D eigenvalue weighted by Crippen LogP contribution is -2.33. The van der Waals surface area contributed by atoms with E-state index < -0.39 is 21.7 Å². The molecule has 21 heavy (non-hydrogen) atoms. The molecule has 0 spiro atoms. The lowest BCUT2D eigenvalue weighted by atomic mass is 10.1. The molecule has 0 atom stereocenters. The molecular weight excluding hydrogens is 346 g/mol. The third-order valence-electron chi connectivity index (χ3n) is 1.79. The average Bonchev–Trinajstić information content (AvgIpc) is 2.28. The van der Waals surface area contributed by atoms with Gasteiger partial charge in [-0.25, -0.2) is 4.57 Å². The number of halogens is 1. The summed E-state index contributed by atoms with van der Waals surface area (Å²) in [4.78, 5) is 31.4. The van der Waals surface area contributed by atoms with Crippen LogP contribution in [-0.2, 0) is 13.7 Å². The van der Waals surface area contributed by atoms with Crippen LogP contribution < -0.4 is 4.74 Å². The van der Waals surface area contributed by atoms with Crippen LogP contribution in [-0.4, -0.2) is 31.8 Å². The van der Waals surface area contributed by atoms with Crippen molar-refractivity contribution in [2.75, 3.05) is 6.61 Å². The Bertz CT molecular complexity index is 494. The van der Waals surface area contributed by atoms with Crippen molar-refractivity contribution in [1.82, 2.24) is 0 Å². The number of phosphoric acid groups is 1. The largest absolute Gasteiger partial charge is 0.692 e. The van der Waals surface area contributed by atoms with Crippen molar-refractivity contribution >= 4 is 27.7 Å². The molecule has 0 aliphatic carbocycles. The number of benzene rings is 1. The second-order valence-corrected chi connectivity index (χ2v) is 6.51. The normalized spacial score (nSPS) is 11.4. The fraction of sp³-hybridized carbons (Fsp3) is 0.400. The van der Waals surface area contributed by atoms with E-state index in [0.717, 1.165) is 0 Å². The standard InChI is InChI=1S/C10H14ClO5P.HO3P/c1-10(2,7-15-17(12,13)14)16-9-5-3-8(11)4-6-9;1-4(2)3/h3-6H,7H2,1-2H3,(H2,12,13,14);(H-,1,2,3)/p+1. The van der Waals surface area contributed by atoms with Crippen LogP contribution in [0.3, 0.4) is 0 Å². The molecule has 8 nitrogen and oxygen atoms in total. The van der Waals surface area contributed by atoms with Gasteiger partial charge in [0.15, 0.2) is 0 Å². The third-order valence-corrected chi connectivity index (χ3v) is 2.51. The molecule has 0 radical (unpaired) electrons. The molecule has 1 aromatic rings. The summed E-state index contributed by atoms with van der Waals surface area (Å²) >= 11 is 5.72. The Morgan fingerprint density at radius 1 is 1.24 bits per heavy atom. The quantitative estimate of drug-likeness (QED) is 0.587. The average molecular weight is 362 g/mol. The van der Waals surface area contributed by atoms with Gasteiger partial charge in [-0.3, -0.25) is 4.52 Å². The summed E-state index contributed by atoms with van der Waals surface area (Å²) < 4.78 is 29.2. The highest BCUT2D eigenvalue weighted by Gasteiger charge is 2.25. The van der Waals surface area contributed by atoms with Crippen molar-refractivity contribution in [1.29, 1.82) is 0 Å². The minimum atomic E-state index is -4.48. The maximum Gasteiger partial charge on any atom is 0.692 e. The first-order chi connectivity index (χ1) is 9.41. The lowest BCUT2D eigenvalue weighted by molar-refractivity contribution is 0.0376. The Labute approximate surface area is 127 Å². The third kappa shape index (κ3) is 12.9. The van der Waals surface area contributed by atoms with Crippen LogP contribution >= 0.6 is 27.7 Å². The molecule has 0 unspecified atom stereocenters. The Hall–Kier alpha value is -0.560. The smallest absolute Gasteiger partial charge is 0.485 e.